The van der Waals surface area contributed by atoms with Crippen molar-refractivity contribution in [3.8, 4) is 5.75 Å². The van der Waals surface area contributed by atoms with E-state index in [1.807, 2.05) is 37.3 Å². The molecule has 0 heterocycles. The van der Waals surface area contributed by atoms with E-state index in [1.165, 1.54) is 6.07 Å². The fraction of sp³-hybridized carbons (Fsp3) is 0.200. The molecule has 2 nitrogen and oxygen atoms in total. The summed E-state index contributed by atoms with van der Waals surface area (Å²) >= 11 is 2.24. The minimum atomic E-state index is -2.80. The van der Waals surface area contributed by atoms with Gasteiger partial charge in [-0.15, -0.1) is 0 Å². The zero-order chi connectivity index (χ0) is 14.5. The van der Waals surface area contributed by atoms with Crippen molar-refractivity contribution in [2.24, 2.45) is 0 Å². The number of halogens is 3. The average Bonchev–Trinajstić information content (AvgIpc) is 2.38. The molecule has 0 bridgehead atoms. The van der Waals surface area contributed by atoms with E-state index in [0.29, 0.717) is 0 Å². The highest BCUT2D eigenvalue weighted by Gasteiger charge is 2.09. The highest BCUT2D eigenvalue weighted by molar-refractivity contribution is 14.1. The fourth-order valence-electron chi connectivity index (χ4n) is 1.87. The van der Waals surface area contributed by atoms with E-state index in [4.69, 9.17) is 0 Å². The van der Waals surface area contributed by atoms with E-state index >= 15 is 0 Å². The molecule has 106 valence electrons. The Labute approximate surface area is 130 Å². The number of ether oxygens (including phenoxy) is 1. The maximum Gasteiger partial charge on any atom is 0.387 e. The largest absolute Gasteiger partial charge is 0.435 e. The normalized spacial score (nSPS) is 12.2. The summed E-state index contributed by atoms with van der Waals surface area (Å²) in [5.74, 6) is 0.175. The number of anilines is 1. The second kappa shape index (κ2) is 6.88. The summed E-state index contributed by atoms with van der Waals surface area (Å²) in [4.78, 5) is 0. The molecule has 2 aromatic rings. The Balaban J connectivity index is 2.10. The summed E-state index contributed by atoms with van der Waals surface area (Å²) in [6.07, 6.45) is 0. The first-order valence-electron chi connectivity index (χ1n) is 6.11. The van der Waals surface area contributed by atoms with Gasteiger partial charge in [0.05, 0.1) is 0 Å². The molecule has 1 atom stereocenters. The SMILES string of the molecule is CC(Nc1cccc(I)c1)c1cccc(OC(F)F)c1. The van der Waals surface area contributed by atoms with Crippen molar-refractivity contribution >= 4 is 28.3 Å². The Kier molecular flexibility index (Phi) is 5.17. The van der Waals surface area contributed by atoms with Gasteiger partial charge in [0.2, 0.25) is 0 Å². The van der Waals surface area contributed by atoms with Crippen molar-refractivity contribution in [1.82, 2.24) is 0 Å². The number of nitrogens with one attached hydrogen (secondary N) is 1. The monoisotopic (exact) mass is 389 g/mol. The van der Waals surface area contributed by atoms with Crippen molar-refractivity contribution in [2.45, 2.75) is 19.6 Å². The number of hydrogen-bond donors (Lipinski definition) is 1. The molecular formula is C15H14F2INO. The minimum Gasteiger partial charge on any atom is -0.435 e. The maximum absolute atomic E-state index is 12.2. The van der Waals surface area contributed by atoms with Gasteiger partial charge >= 0.3 is 6.61 Å². The van der Waals surface area contributed by atoms with Gasteiger partial charge in [-0.05, 0) is 65.4 Å². The van der Waals surface area contributed by atoms with Crippen LogP contribution in [0.4, 0.5) is 14.5 Å². The zero-order valence-electron chi connectivity index (χ0n) is 10.8. The summed E-state index contributed by atoms with van der Waals surface area (Å²) in [7, 11) is 0. The molecule has 0 aliphatic rings. The third-order valence-corrected chi connectivity index (χ3v) is 3.46. The van der Waals surface area contributed by atoms with Crippen LogP contribution in [0.2, 0.25) is 0 Å². The van der Waals surface area contributed by atoms with Crippen LogP contribution in [0.1, 0.15) is 18.5 Å². The van der Waals surface area contributed by atoms with Gasteiger partial charge < -0.3 is 10.1 Å². The number of benzene rings is 2. The van der Waals surface area contributed by atoms with E-state index in [-0.39, 0.29) is 11.8 Å². The predicted molar refractivity (Wildman–Crippen MR) is 84.3 cm³/mol. The van der Waals surface area contributed by atoms with E-state index in [1.54, 1.807) is 12.1 Å². The maximum atomic E-state index is 12.2. The van der Waals surface area contributed by atoms with E-state index in [0.717, 1.165) is 14.8 Å². The first-order valence-corrected chi connectivity index (χ1v) is 7.19. The van der Waals surface area contributed by atoms with E-state index < -0.39 is 6.61 Å². The van der Waals surface area contributed by atoms with Gasteiger partial charge in [-0.25, -0.2) is 0 Å². The Hall–Kier alpha value is -1.37. The summed E-state index contributed by atoms with van der Waals surface area (Å²) in [6.45, 7) is -0.828. The van der Waals surface area contributed by atoms with Gasteiger partial charge in [-0.1, -0.05) is 18.2 Å². The van der Waals surface area contributed by atoms with Crippen molar-refractivity contribution in [2.75, 3.05) is 5.32 Å². The molecule has 20 heavy (non-hydrogen) atoms. The van der Waals surface area contributed by atoms with E-state index in [9.17, 15) is 8.78 Å². The van der Waals surface area contributed by atoms with Gasteiger partial charge in [0.1, 0.15) is 5.75 Å². The predicted octanol–water partition coefficient (Wildman–Crippen LogP) is 5.07. The zero-order valence-corrected chi connectivity index (χ0v) is 13.0. The lowest BCUT2D eigenvalue weighted by molar-refractivity contribution is -0.0498. The van der Waals surface area contributed by atoms with Crippen LogP contribution >= 0.6 is 22.6 Å². The molecule has 1 unspecified atom stereocenters. The fourth-order valence-corrected chi connectivity index (χ4v) is 2.41. The van der Waals surface area contributed by atoms with Gasteiger partial charge in [-0.3, -0.25) is 0 Å². The summed E-state index contributed by atoms with van der Waals surface area (Å²) in [5, 5.41) is 3.33. The molecule has 0 aliphatic heterocycles. The molecule has 0 amide bonds. The molecule has 1 N–H and O–H groups in total. The van der Waals surface area contributed by atoms with Gasteiger partial charge in [-0.2, -0.15) is 8.78 Å². The van der Waals surface area contributed by atoms with Crippen LogP contribution in [0.3, 0.4) is 0 Å². The van der Waals surface area contributed by atoms with Crippen LogP contribution in [-0.4, -0.2) is 6.61 Å². The lowest BCUT2D eigenvalue weighted by atomic mass is 10.1. The Morgan fingerprint density at radius 2 is 1.85 bits per heavy atom. The van der Waals surface area contributed by atoms with Gasteiger partial charge in [0, 0.05) is 15.3 Å². The molecule has 0 aliphatic carbocycles. The Morgan fingerprint density at radius 1 is 1.10 bits per heavy atom. The van der Waals surface area contributed by atoms with Crippen LogP contribution < -0.4 is 10.1 Å². The number of rotatable bonds is 5. The molecule has 0 fully saturated rings. The van der Waals surface area contributed by atoms with Crippen LogP contribution in [0.15, 0.2) is 48.5 Å². The highest BCUT2D eigenvalue weighted by atomic mass is 127. The third-order valence-electron chi connectivity index (χ3n) is 2.79. The topological polar surface area (TPSA) is 21.3 Å². The lowest BCUT2D eigenvalue weighted by Crippen LogP contribution is -2.08. The van der Waals surface area contributed by atoms with Crippen LogP contribution in [0, 0.1) is 3.57 Å². The molecule has 2 aromatic carbocycles. The first-order chi connectivity index (χ1) is 9.54. The van der Waals surface area contributed by atoms with Crippen molar-refractivity contribution < 1.29 is 13.5 Å². The third kappa shape index (κ3) is 4.33. The second-order valence-electron chi connectivity index (χ2n) is 4.33. The Morgan fingerprint density at radius 3 is 2.55 bits per heavy atom. The average molecular weight is 389 g/mol. The molecule has 0 spiro atoms. The van der Waals surface area contributed by atoms with Crippen LogP contribution in [-0.2, 0) is 0 Å². The lowest BCUT2D eigenvalue weighted by Gasteiger charge is -2.17. The summed E-state index contributed by atoms with van der Waals surface area (Å²) in [6, 6.07) is 14.7. The van der Waals surface area contributed by atoms with E-state index in [2.05, 4.69) is 32.6 Å². The van der Waals surface area contributed by atoms with Gasteiger partial charge in [0.25, 0.3) is 0 Å². The summed E-state index contributed by atoms with van der Waals surface area (Å²) < 4.78 is 30.0. The smallest absolute Gasteiger partial charge is 0.387 e. The Bertz CT molecular complexity index is 577. The summed E-state index contributed by atoms with van der Waals surface area (Å²) in [5.41, 5.74) is 1.88. The molecule has 0 saturated carbocycles. The number of alkyl halides is 2. The molecule has 5 heteroatoms. The first kappa shape index (κ1) is 15.0. The molecule has 0 aromatic heterocycles. The molecule has 2 rings (SSSR count). The van der Waals surface area contributed by atoms with Gasteiger partial charge in [0.15, 0.2) is 0 Å². The van der Waals surface area contributed by atoms with Crippen LogP contribution in [0.25, 0.3) is 0 Å². The molecule has 0 saturated heterocycles. The standard InChI is InChI=1S/C15H14F2INO/c1-10(19-13-6-3-5-12(18)9-13)11-4-2-7-14(8-11)20-15(16)17/h2-10,15,19H,1H3. The molecular weight excluding hydrogens is 375 g/mol. The minimum absolute atomic E-state index is 0.00516. The number of hydrogen-bond acceptors (Lipinski definition) is 2. The highest BCUT2D eigenvalue weighted by Crippen LogP contribution is 2.24. The van der Waals surface area contributed by atoms with Crippen molar-refractivity contribution in [3.05, 3.63) is 57.7 Å². The van der Waals surface area contributed by atoms with Crippen molar-refractivity contribution in [1.29, 1.82) is 0 Å². The van der Waals surface area contributed by atoms with Crippen LogP contribution in [0.5, 0.6) is 5.75 Å². The molecule has 0 radical (unpaired) electrons. The second-order valence-corrected chi connectivity index (χ2v) is 5.57. The van der Waals surface area contributed by atoms with Crippen molar-refractivity contribution in [3.63, 3.8) is 0 Å². The quantitative estimate of drug-likeness (QED) is 0.722.